The summed E-state index contributed by atoms with van der Waals surface area (Å²) in [6, 6.07) is 23.0. The largest absolute Gasteiger partial charge is 0.212 e. The standard InChI is InChI=1S/C30H32N/c1-19-12-13-31(7)28(14-19)23-18-27-24(15-20(23)2)25-16-21-10-8-9-11-22(21)17-26(25)29(3,4)30(27,5)6/h8-18H,1-7H3/q+1. The van der Waals surface area contributed by atoms with E-state index >= 15 is 0 Å². The first-order chi connectivity index (χ1) is 14.6. The number of benzene rings is 3. The van der Waals surface area contributed by atoms with Gasteiger partial charge in [0, 0.05) is 17.7 Å². The molecular formula is C30H32N+. The van der Waals surface area contributed by atoms with E-state index in [2.05, 4.69) is 120 Å². The second-order valence-electron chi connectivity index (χ2n) is 10.4. The van der Waals surface area contributed by atoms with Crippen molar-refractivity contribution >= 4 is 10.8 Å². The minimum atomic E-state index is 0.00262. The molecule has 0 amide bonds. The van der Waals surface area contributed by atoms with E-state index in [1.807, 2.05) is 0 Å². The number of aryl methyl sites for hydroxylation is 3. The molecule has 5 rings (SSSR count). The molecule has 0 saturated heterocycles. The van der Waals surface area contributed by atoms with Crippen molar-refractivity contribution in [1.82, 2.24) is 0 Å². The molecule has 3 aromatic carbocycles. The molecule has 4 aromatic rings. The summed E-state index contributed by atoms with van der Waals surface area (Å²) < 4.78 is 2.24. The van der Waals surface area contributed by atoms with E-state index in [-0.39, 0.29) is 10.8 Å². The molecule has 0 spiro atoms. The number of hydrogen-bond acceptors (Lipinski definition) is 0. The van der Waals surface area contributed by atoms with Crippen molar-refractivity contribution in [2.45, 2.75) is 52.4 Å². The van der Waals surface area contributed by atoms with Crippen molar-refractivity contribution < 1.29 is 4.57 Å². The molecule has 0 saturated carbocycles. The lowest BCUT2D eigenvalue weighted by Crippen LogP contribution is -2.43. The van der Waals surface area contributed by atoms with Crippen LogP contribution in [0, 0.1) is 13.8 Å². The fourth-order valence-electron chi connectivity index (χ4n) is 5.32. The Morgan fingerprint density at radius 3 is 1.90 bits per heavy atom. The van der Waals surface area contributed by atoms with Gasteiger partial charge in [-0.25, -0.2) is 4.57 Å². The Kier molecular flexibility index (Phi) is 4.21. The number of rotatable bonds is 1. The van der Waals surface area contributed by atoms with E-state index in [0.29, 0.717) is 0 Å². The van der Waals surface area contributed by atoms with Gasteiger partial charge in [0.25, 0.3) is 0 Å². The van der Waals surface area contributed by atoms with Crippen molar-refractivity contribution in [2.24, 2.45) is 7.05 Å². The number of hydrogen-bond donors (Lipinski definition) is 0. The molecule has 0 aliphatic heterocycles. The lowest BCUT2D eigenvalue weighted by molar-refractivity contribution is -0.660. The molecule has 1 aliphatic rings. The maximum atomic E-state index is 2.47. The molecular weight excluding hydrogens is 374 g/mol. The summed E-state index contributed by atoms with van der Waals surface area (Å²) in [4.78, 5) is 0. The van der Waals surface area contributed by atoms with Gasteiger partial charge in [0.1, 0.15) is 7.05 Å². The van der Waals surface area contributed by atoms with Gasteiger partial charge in [0.2, 0.25) is 5.69 Å². The van der Waals surface area contributed by atoms with Crippen LogP contribution in [0.4, 0.5) is 0 Å². The highest BCUT2D eigenvalue weighted by molar-refractivity contribution is 5.92. The molecule has 0 fully saturated rings. The van der Waals surface area contributed by atoms with E-state index in [9.17, 15) is 0 Å². The number of pyridine rings is 1. The SMILES string of the molecule is Cc1cc[n+](C)c(-c2cc3c(cc2C)-c2cc4ccccc4cc2C(C)(C)C3(C)C)c1. The van der Waals surface area contributed by atoms with Gasteiger partial charge in [-0.3, -0.25) is 0 Å². The zero-order valence-electron chi connectivity index (χ0n) is 19.8. The third-order valence-electron chi connectivity index (χ3n) is 8.03. The fourth-order valence-corrected chi connectivity index (χ4v) is 5.32. The highest BCUT2D eigenvalue weighted by Crippen LogP contribution is 2.55. The van der Waals surface area contributed by atoms with E-state index in [4.69, 9.17) is 0 Å². The van der Waals surface area contributed by atoms with Crippen molar-refractivity contribution in [3.8, 4) is 22.4 Å². The van der Waals surface area contributed by atoms with Crippen LogP contribution in [0.15, 0.2) is 66.9 Å². The van der Waals surface area contributed by atoms with E-state index < -0.39 is 0 Å². The summed E-state index contributed by atoms with van der Waals surface area (Å²) >= 11 is 0. The minimum absolute atomic E-state index is 0.00262. The van der Waals surface area contributed by atoms with Gasteiger partial charge < -0.3 is 0 Å². The Labute approximate surface area is 186 Å². The normalized spacial score (nSPS) is 16.1. The molecule has 0 N–H and O–H groups in total. The summed E-state index contributed by atoms with van der Waals surface area (Å²) in [6.45, 7) is 14.1. The molecule has 1 nitrogen and oxygen atoms in total. The number of fused-ring (bicyclic) bond motifs is 4. The van der Waals surface area contributed by atoms with Gasteiger partial charge in [-0.05, 0) is 87.0 Å². The van der Waals surface area contributed by atoms with Crippen LogP contribution in [0.2, 0.25) is 0 Å². The lowest BCUT2D eigenvalue weighted by atomic mass is 9.55. The summed E-state index contributed by atoms with van der Waals surface area (Å²) in [7, 11) is 2.14. The molecule has 31 heavy (non-hydrogen) atoms. The number of nitrogens with zero attached hydrogens (tertiary/aromatic N) is 1. The Bertz CT molecular complexity index is 1350. The molecule has 1 heterocycles. The predicted molar refractivity (Wildman–Crippen MR) is 132 cm³/mol. The zero-order chi connectivity index (χ0) is 22.1. The molecule has 0 radical (unpaired) electrons. The van der Waals surface area contributed by atoms with E-state index in [1.54, 1.807) is 0 Å². The van der Waals surface area contributed by atoms with Crippen LogP contribution in [0.3, 0.4) is 0 Å². The quantitative estimate of drug-likeness (QED) is 0.295. The van der Waals surface area contributed by atoms with Crippen molar-refractivity contribution in [3.05, 3.63) is 89.1 Å². The van der Waals surface area contributed by atoms with Crippen LogP contribution < -0.4 is 4.57 Å². The minimum Gasteiger partial charge on any atom is -0.201 e. The molecule has 0 unspecified atom stereocenters. The van der Waals surface area contributed by atoms with Crippen LogP contribution >= 0.6 is 0 Å². The maximum absolute atomic E-state index is 2.47. The van der Waals surface area contributed by atoms with Crippen LogP contribution in [0.1, 0.15) is 49.9 Å². The zero-order valence-corrected chi connectivity index (χ0v) is 19.8. The first kappa shape index (κ1) is 20.0. The Hall–Kier alpha value is -2.93. The summed E-state index contributed by atoms with van der Waals surface area (Å²) in [5, 5.41) is 2.64. The van der Waals surface area contributed by atoms with Gasteiger partial charge in [0.15, 0.2) is 6.20 Å². The average Bonchev–Trinajstić information content (AvgIpc) is 2.73. The number of aromatic nitrogens is 1. The topological polar surface area (TPSA) is 3.88 Å². The van der Waals surface area contributed by atoms with Gasteiger partial charge in [0.05, 0.1) is 0 Å². The van der Waals surface area contributed by atoms with Crippen molar-refractivity contribution in [2.75, 3.05) is 0 Å². The summed E-state index contributed by atoms with van der Waals surface area (Å²) in [5.74, 6) is 0. The molecule has 156 valence electrons. The van der Waals surface area contributed by atoms with E-state index in [0.717, 1.165) is 0 Å². The smallest absolute Gasteiger partial charge is 0.201 e. The van der Waals surface area contributed by atoms with Crippen molar-refractivity contribution in [1.29, 1.82) is 0 Å². The van der Waals surface area contributed by atoms with E-state index in [1.165, 1.54) is 55.4 Å². The third-order valence-corrected chi connectivity index (χ3v) is 8.03. The molecule has 0 atom stereocenters. The Balaban J connectivity index is 1.86. The molecule has 1 heteroatoms. The van der Waals surface area contributed by atoms with Crippen LogP contribution in [-0.2, 0) is 17.9 Å². The highest BCUT2D eigenvalue weighted by Gasteiger charge is 2.46. The third kappa shape index (κ3) is 2.79. The average molecular weight is 407 g/mol. The van der Waals surface area contributed by atoms with Crippen LogP contribution in [0.25, 0.3) is 33.2 Å². The van der Waals surface area contributed by atoms with Gasteiger partial charge >= 0.3 is 0 Å². The van der Waals surface area contributed by atoms with Crippen LogP contribution in [0.5, 0.6) is 0 Å². The first-order valence-corrected chi connectivity index (χ1v) is 11.3. The Morgan fingerprint density at radius 2 is 1.23 bits per heavy atom. The Morgan fingerprint density at radius 1 is 0.645 bits per heavy atom. The maximum Gasteiger partial charge on any atom is 0.212 e. The van der Waals surface area contributed by atoms with Gasteiger partial charge in [-0.15, -0.1) is 0 Å². The predicted octanol–water partition coefficient (Wildman–Crippen LogP) is 7.18. The fraction of sp³-hybridized carbons (Fsp3) is 0.300. The van der Waals surface area contributed by atoms with Crippen LogP contribution in [-0.4, -0.2) is 0 Å². The lowest BCUT2D eigenvalue weighted by Gasteiger charge is -2.48. The summed E-state index contributed by atoms with van der Waals surface area (Å²) in [6.07, 6.45) is 2.17. The second kappa shape index (κ2) is 6.53. The molecule has 1 aromatic heterocycles. The first-order valence-electron chi connectivity index (χ1n) is 11.3. The molecule has 1 aliphatic carbocycles. The van der Waals surface area contributed by atoms with Gasteiger partial charge in [-0.2, -0.15) is 0 Å². The second-order valence-corrected chi connectivity index (χ2v) is 10.4. The molecule has 0 bridgehead atoms. The summed E-state index contributed by atoms with van der Waals surface area (Å²) in [5.41, 5.74) is 10.9. The monoisotopic (exact) mass is 406 g/mol. The van der Waals surface area contributed by atoms with Crippen molar-refractivity contribution in [3.63, 3.8) is 0 Å². The highest BCUT2D eigenvalue weighted by atomic mass is 14.9. The van der Waals surface area contributed by atoms with Gasteiger partial charge in [-0.1, -0.05) is 58.0 Å².